The highest BCUT2D eigenvalue weighted by Gasteiger charge is 2.39. The van der Waals surface area contributed by atoms with Crippen LogP contribution in [0.3, 0.4) is 0 Å². The van der Waals surface area contributed by atoms with Crippen molar-refractivity contribution in [3.05, 3.63) is 40.8 Å². The average molecular weight is 301 g/mol. The first-order chi connectivity index (χ1) is 9.43. The van der Waals surface area contributed by atoms with Crippen LogP contribution in [0.15, 0.2) is 30.3 Å². The van der Waals surface area contributed by atoms with E-state index in [0.717, 1.165) is 7.11 Å². The molecule has 0 unspecified atom stereocenters. The van der Waals surface area contributed by atoms with Crippen LogP contribution in [-0.4, -0.2) is 17.5 Å². The Balaban J connectivity index is 2.51. The molecule has 0 saturated carbocycles. The summed E-state index contributed by atoms with van der Waals surface area (Å²) in [6.45, 7) is 0. The zero-order chi connectivity index (χ0) is 14.8. The number of carbonyl (C=O) groups is 1. The Kier molecular flexibility index (Phi) is 4.08. The molecule has 0 N–H and O–H groups in total. The molecule has 2 aromatic rings. The van der Waals surface area contributed by atoms with Crippen molar-refractivity contribution in [1.82, 2.24) is 4.37 Å². The largest absolute Gasteiger partial charge is 0.469 e. The highest BCUT2D eigenvalue weighted by Crippen LogP contribution is 2.41. The topological polar surface area (TPSA) is 39.2 Å². The van der Waals surface area contributed by atoms with Crippen LogP contribution in [0.5, 0.6) is 0 Å². The number of alkyl halides is 3. The van der Waals surface area contributed by atoms with Gasteiger partial charge in [0.1, 0.15) is 0 Å². The van der Waals surface area contributed by atoms with Crippen LogP contribution in [-0.2, 0) is 22.1 Å². The van der Waals surface area contributed by atoms with E-state index >= 15 is 0 Å². The first-order valence-corrected chi connectivity index (χ1v) is 6.38. The van der Waals surface area contributed by atoms with Gasteiger partial charge in [-0.25, -0.2) is 0 Å². The molecule has 0 saturated heterocycles. The molecule has 0 aliphatic carbocycles. The van der Waals surface area contributed by atoms with Gasteiger partial charge in [-0.2, -0.15) is 17.5 Å². The molecule has 0 atom stereocenters. The fourth-order valence-corrected chi connectivity index (χ4v) is 2.62. The van der Waals surface area contributed by atoms with Gasteiger partial charge < -0.3 is 4.74 Å². The number of methoxy groups -OCH3 is 1. The lowest BCUT2D eigenvalue weighted by molar-refractivity contribution is -0.141. The van der Waals surface area contributed by atoms with E-state index in [1.165, 1.54) is 0 Å². The van der Waals surface area contributed by atoms with Gasteiger partial charge in [-0.05, 0) is 11.5 Å². The second-order valence-corrected chi connectivity index (χ2v) is 4.80. The highest BCUT2D eigenvalue weighted by molar-refractivity contribution is 7.06. The molecule has 0 fully saturated rings. The predicted molar refractivity (Wildman–Crippen MR) is 68.3 cm³/mol. The van der Waals surface area contributed by atoms with E-state index in [9.17, 15) is 18.0 Å². The SMILES string of the molecule is COC(=O)Cc1snc(-c2ccccc2)c1C(F)(F)F. The Morgan fingerprint density at radius 2 is 1.95 bits per heavy atom. The standard InChI is InChI=1S/C13H10F3NO2S/c1-19-10(18)7-9-11(13(14,15)16)12(17-20-9)8-5-3-2-4-6-8/h2-6H,7H2,1H3. The second kappa shape index (κ2) is 5.62. The molecule has 0 aliphatic heterocycles. The maximum atomic E-state index is 13.2. The lowest BCUT2D eigenvalue weighted by Gasteiger charge is -2.09. The van der Waals surface area contributed by atoms with Crippen LogP contribution in [0.1, 0.15) is 10.4 Å². The molecule has 20 heavy (non-hydrogen) atoms. The third kappa shape index (κ3) is 2.98. The van der Waals surface area contributed by atoms with Crippen molar-refractivity contribution in [3.63, 3.8) is 0 Å². The summed E-state index contributed by atoms with van der Waals surface area (Å²) in [7, 11) is 1.13. The van der Waals surface area contributed by atoms with Gasteiger partial charge in [-0.1, -0.05) is 30.3 Å². The van der Waals surface area contributed by atoms with Gasteiger partial charge in [-0.15, -0.1) is 0 Å². The summed E-state index contributed by atoms with van der Waals surface area (Å²) in [6, 6.07) is 8.07. The van der Waals surface area contributed by atoms with E-state index in [2.05, 4.69) is 9.11 Å². The summed E-state index contributed by atoms with van der Waals surface area (Å²) in [6.07, 6.45) is -5.00. The quantitative estimate of drug-likeness (QED) is 0.814. The molecular formula is C13H10F3NO2S. The lowest BCUT2D eigenvalue weighted by Crippen LogP contribution is -2.12. The van der Waals surface area contributed by atoms with Gasteiger partial charge >= 0.3 is 12.1 Å². The van der Waals surface area contributed by atoms with Crippen LogP contribution in [0.25, 0.3) is 11.3 Å². The van der Waals surface area contributed by atoms with Crippen molar-refractivity contribution in [3.8, 4) is 11.3 Å². The van der Waals surface area contributed by atoms with Crippen LogP contribution < -0.4 is 0 Å². The zero-order valence-electron chi connectivity index (χ0n) is 10.4. The summed E-state index contributed by atoms with van der Waals surface area (Å²) >= 11 is 0.671. The van der Waals surface area contributed by atoms with Crippen molar-refractivity contribution < 1.29 is 22.7 Å². The number of ether oxygens (including phenoxy) is 1. The zero-order valence-corrected chi connectivity index (χ0v) is 11.2. The van der Waals surface area contributed by atoms with E-state index in [4.69, 9.17) is 0 Å². The van der Waals surface area contributed by atoms with E-state index in [-0.39, 0.29) is 10.6 Å². The van der Waals surface area contributed by atoms with E-state index in [1.54, 1.807) is 30.3 Å². The Morgan fingerprint density at radius 3 is 2.50 bits per heavy atom. The molecule has 0 radical (unpaired) electrons. The van der Waals surface area contributed by atoms with Crippen molar-refractivity contribution in [1.29, 1.82) is 0 Å². The molecule has 0 bridgehead atoms. The molecule has 0 amide bonds. The Bertz CT molecular complexity index is 608. The number of nitrogens with zero attached hydrogens (tertiary/aromatic N) is 1. The summed E-state index contributed by atoms with van der Waals surface area (Å²) in [4.78, 5) is 11.1. The van der Waals surface area contributed by atoms with Gasteiger partial charge in [0.2, 0.25) is 0 Å². The molecule has 0 aliphatic rings. The number of aromatic nitrogens is 1. The van der Waals surface area contributed by atoms with Crippen molar-refractivity contribution in [2.45, 2.75) is 12.6 Å². The van der Waals surface area contributed by atoms with Crippen LogP contribution in [0.4, 0.5) is 13.2 Å². The third-order valence-electron chi connectivity index (χ3n) is 2.63. The third-order valence-corrected chi connectivity index (χ3v) is 3.47. The molecule has 1 aromatic carbocycles. The van der Waals surface area contributed by atoms with Gasteiger partial charge in [0.25, 0.3) is 0 Å². The first-order valence-electron chi connectivity index (χ1n) is 5.61. The average Bonchev–Trinajstić information content (AvgIpc) is 2.83. The minimum Gasteiger partial charge on any atom is -0.469 e. The van der Waals surface area contributed by atoms with E-state index < -0.39 is 24.1 Å². The smallest absolute Gasteiger partial charge is 0.419 e. The number of halogens is 3. The fourth-order valence-electron chi connectivity index (χ4n) is 1.73. The molecule has 0 spiro atoms. The summed E-state index contributed by atoms with van der Waals surface area (Å²) in [5, 5.41) is 0. The van der Waals surface area contributed by atoms with Gasteiger partial charge in [0, 0.05) is 10.4 Å². The molecule has 106 valence electrons. The van der Waals surface area contributed by atoms with Crippen LogP contribution in [0.2, 0.25) is 0 Å². The van der Waals surface area contributed by atoms with E-state index in [1.807, 2.05) is 0 Å². The van der Waals surface area contributed by atoms with Crippen LogP contribution >= 0.6 is 11.5 Å². The Labute approximate surface area is 117 Å². The second-order valence-electron chi connectivity index (χ2n) is 3.95. The molecule has 7 heteroatoms. The number of esters is 1. The first kappa shape index (κ1) is 14.5. The normalized spacial score (nSPS) is 11.4. The maximum Gasteiger partial charge on any atom is 0.419 e. The number of rotatable bonds is 3. The monoisotopic (exact) mass is 301 g/mol. The summed E-state index contributed by atoms with van der Waals surface area (Å²) in [5.74, 6) is -0.723. The number of benzene rings is 1. The molecule has 3 nitrogen and oxygen atoms in total. The fraction of sp³-hybridized carbons (Fsp3) is 0.231. The van der Waals surface area contributed by atoms with Crippen molar-refractivity contribution in [2.24, 2.45) is 0 Å². The maximum absolute atomic E-state index is 13.2. The van der Waals surface area contributed by atoms with Crippen molar-refractivity contribution in [2.75, 3.05) is 7.11 Å². The van der Waals surface area contributed by atoms with Gasteiger partial charge in [0.15, 0.2) is 0 Å². The number of hydrogen-bond donors (Lipinski definition) is 0. The summed E-state index contributed by atoms with van der Waals surface area (Å²) in [5.41, 5.74) is -0.645. The molecule has 1 aromatic heterocycles. The van der Waals surface area contributed by atoms with Gasteiger partial charge in [-0.3, -0.25) is 4.79 Å². The minimum atomic E-state index is -4.57. The Morgan fingerprint density at radius 1 is 1.30 bits per heavy atom. The van der Waals surface area contributed by atoms with Gasteiger partial charge in [0.05, 0.1) is 24.8 Å². The number of hydrogen-bond acceptors (Lipinski definition) is 4. The number of carbonyl (C=O) groups excluding carboxylic acids is 1. The van der Waals surface area contributed by atoms with Crippen LogP contribution in [0, 0.1) is 0 Å². The highest BCUT2D eigenvalue weighted by atomic mass is 32.1. The minimum absolute atomic E-state index is 0.136. The molecule has 1 heterocycles. The molecular weight excluding hydrogens is 291 g/mol. The van der Waals surface area contributed by atoms with E-state index in [0.29, 0.717) is 17.1 Å². The Hall–Kier alpha value is -1.89. The lowest BCUT2D eigenvalue weighted by atomic mass is 10.0. The predicted octanol–water partition coefficient (Wildman–Crippen LogP) is 3.54. The molecule has 2 rings (SSSR count). The summed E-state index contributed by atoms with van der Waals surface area (Å²) < 4.78 is 47.9. The van der Waals surface area contributed by atoms with Crippen molar-refractivity contribution >= 4 is 17.5 Å².